The van der Waals surface area contributed by atoms with Crippen molar-refractivity contribution >= 4 is 5.91 Å². The smallest absolute Gasteiger partial charge is 0.325 e. The van der Waals surface area contributed by atoms with E-state index in [4.69, 9.17) is 5.11 Å². The summed E-state index contributed by atoms with van der Waals surface area (Å²) < 4.78 is 0. The summed E-state index contributed by atoms with van der Waals surface area (Å²) in [4.78, 5) is 40.6. The van der Waals surface area contributed by atoms with E-state index in [1.165, 1.54) is 4.90 Å². The minimum absolute atomic E-state index is 0.0500. The first-order valence-corrected chi connectivity index (χ1v) is 6.28. The van der Waals surface area contributed by atoms with E-state index in [-0.39, 0.29) is 24.8 Å². The van der Waals surface area contributed by atoms with Gasteiger partial charge in [-0.05, 0) is 12.8 Å². The van der Waals surface area contributed by atoms with Gasteiger partial charge in [-0.2, -0.15) is 0 Å². The number of amides is 1. The number of rotatable bonds is 6. The molecule has 0 radical (unpaired) electrons. The van der Waals surface area contributed by atoms with Gasteiger partial charge in [0.05, 0.1) is 6.61 Å². The topological polar surface area (TPSA) is 106 Å². The molecular formula is C12H19N3O4. The lowest BCUT2D eigenvalue weighted by atomic mass is 10.1. The summed E-state index contributed by atoms with van der Waals surface area (Å²) in [5.41, 5.74) is -1.50. The number of H-pyrrole nitrogens is 2. The van der Waals surface area contributed by atoms with Crippen molar-refractivity contribution in [2.45, 2.75) is 32.7 Å². The van der Waals surface area contributed by atoms with Gasteiger partial charge in [-0.1, -0.05) is 13.8 Å². The normalized spacial score (nSPS) is 10.7. The lowest BCUT2D eigenvalue weighted by molar-refractivity contribution is 0.0620. The van der Waals surface area contributed by atoms with E-state index in [9.17, 15) is 14.4 Å². The molecule has 0 fully saturated rings. The van der Waals surface area contributed by atoms with Crippen LogP contribution in [0.2, 0.25) is 0 Å². The Balaban J connectivity index is 3.12. The van der Waals surface area contributed by atoms with Crippen molar-refractivity contribution in [2.75, 3.05) is 13.2 Å². The lowest BCUT2D eigenvalue weighted by Crippen LogP contribution is -2.44. The van der Waals surface area contributed by atoms with Gasteiger partial charge in [0.15, 0.2) is 0 Å². The van der Waals surface area contributed by atoms with Gasteiger partial charge in [0.1, 0.15) is 5.56 Å². The summed E-state index contributed by atoms with van der Waals surface area (Å²) in [5, 5.41) is 9.05. The van der Waals surface area contributed by atoms with E-state index in [0.717, 1.165) is 19.0 Å². The minimum Gasteiger partial charge on any atom is -0.395 e. The second kappa shape index (κ2) is 6.89. The molecule has 0 saturated carbocycles. The van der Waals surface area contributed by atoms with Crippen LogP contribution in [-0.2, 0) is 0 Å². The first-order chi connectivity index (χ1) is 9.04. The Morgan fingerprint density at radius 3 is 2.47 bits per heavy atom. The van der Waals surface area contributed by atoms with Crippen LogP contribution in [-0.4, -0.2) is 45.1 Å². The van der Waals surface area contributed by atoms with Crippen molar-refractivity contribution in [1.29, 1.82) is 0 Å². The maximum absolute atomic E-state index is 12.3. The van der Waals surface area contributed by atoms with Crippen LogP contribution in [0.15, 0.2) is 15.8 Å². The van der Waals surface area contributed by atoms with E-state index < -0.39 is 17.2 Å². The number of carbonyl (C=O) groups excluding carboxylic acids is 1. The third kappa shape index (κ3) is 3.54. The molecule has 1 heterocycles. The van der Waals surface area contributed by atoms with Gasteiger partial charge in [-0.25, -0.2) is 4.79 Å². The number of aliphatic hydroxyl groups excluding tert-OH is 1. The maximum atomic E-state index is 12.3. The van der Waals surface area contributed by atoms with Crippen LogP contribution in [0.5, 0.6) is 0 Å². The summed E-state index contributed by atoms with van der Waals surface area (Å²) in [6, 6.07) is -0.0500. The number of aliphatic hydroxyl groups is 1. The van der Waals surface area contributed by atoms with E-state index in [0.29, 0.717) is 0 Å². The van der Waals surface area contributed by atoms with Gasteiger partial charge in [0.25, 0.3) is 11.5 Å². The molecule has 0 aliphatic carbocycles. The molecule has 106 valence electrons. The predicted molar refractivity (Wildman–Crippen MR) is 70.2 cm³/mol. The average Bonchev–Trinajstić information content (AvgIpc) is 2.38. The van der Waals surface area contributed by atoms with Gasteiger partial charge in [0.2, 0.25) is 0 Å². The fourth-order valence-corrected chi connectivity index (χ4v) is 2.01. The van der Waals surface area contributed by atoms with Gasteiger partial charge in [-0.3, -0.25) is 14.6 Å². The van der Waals surface area contributed by atoms with Gasteiger partial charge in [-0.15, -0.1) is 0 Å². The molecule has 0 saturated heterocycles. The zero-order chi connectivity index (χ0) is 14.4. The Kier molecular flexibility index (Phi) is 5.50. The Morgan fingerprint density at radius 2 is 2.00 bits per heavy atom. The third-order valence-electron chi connectivity index (χ3n) is 3.03. The summed E-state index contributed by atoms with van der Waals surface area (Å²) in [6.45, 7) is 3.85. The van der Waals surface area contributed by atoms with Gasteiger partial charge < -0.3 is 15.0 Å². The number of hydrogen-bond acceptors (Lipinski definition) is 4. The number of nitrogens with one attached hydrogen (secondary N) is 2. The SMILES string of the molecule is CCC(CC)N(CCO)C(=O)c1c[nH]c(=O)[nH]c1=O. The van der Waals surface area contributed by atoms with Gasteiger partial charge >= 0.3 is 5.69 Å². The van der Waals surface area contributed by atoms with Crippen molar-refractivity contribution < 1.29 is 9.90 Å². The molecule has 0 atom stereocenters. The molecule has 7 heteroatoms. The van der Waals surface area contributed by atoms with Gasteiger partial charge in [0, 0.05) is 18.8 Å². The van der Waals surface area contributed by atoms with Crippen molar-refractivity contribution in [1.82, 2.24) is 14.9 Å². The first kappa shape index (κ1) is 15.2. The lowest BCUT2D eigenvalue weighted by Gasteiger charge is -2.29. The van der Waals surface area contributed by atoms with Crippen LogP contribution < -0.4 is 11.2 Å². The largest absolute Gasteiger partial charge is 0.395 e. The Hall–Kier alpha value is -1.89. The molecular weight excluding hydrogens is 250 g/mol. The van der Waals surface area contributed by atoms with Crippen molar-refractivity contribution in [3.05, 3.63) is 32.6 Å². The Morgan fingerprint density at radius 1 is 1.37 bits per heavy atom. The first-order valence-electron chi connectivity index (χ1n) is 6.28. The molecule has 0 spiro atoms. The number of hydrogen-bond donors (Lipinski definition) is 3. The standard InChI is InChI=1S/C12H19N3O4/c1-3-8(4-2)15(5-6-16)11(18)9-7-13-12(19)14-10(9)17/h7-8,16H,3-6H2,1-2H3,(H2,13,14,17,19). The minimum atomic E-state index is -0.720. The molecule has 3 N–H and O–H groups in total. The molecule has 19 heavy (non-hydrogen) atoms. The quantitative estimate of drug-likeness (QED) is 0.658. The highest BCUT2D eigenvalue weighted by molar-refractivity contribution is 5.93. The molecule has 1 aromatic heterocycles. The van der Waals surface area contributed by atoms with Crippen LogP contribution in [0.1, 0.15) is 37.0 Å². The maximum Gasteiger partial charge on any atom is 0.325 e. The molecule has 1 aromatic rings. The van der Waals surface area contributed by atoms with E-state index >= 15 is 0 Å². The number of aromatic amines is 2. The molecule has 1 amide bonds. The summed E-state index contributed by atoms with van der Waals surface area (Å²) in [7, 11) is 0. The second-order valence-corrected chi connectivity index (χ2v) is 4.18. The summed E-state index contributed by atoms with van der Waals surface area (Å²) in [6.07, 6.45) is 2.56. The molecule has 0 unspecified atom stereocenters. The van der Waals surface area contributed by atoms with E-state index in [2.05, 4.69) is 4.98 Å². The summed E-state index contributed by atoms with van der Waals surface area (Å²) >= 11 is 0. The molecule has 0 aromatic carbocycles. The van der Waals surface area contributed by atoms with Crippen molar-refractivity contribution in [2.24, 2.45) is 0 Å². The Labute approximate surface area is 110 Å². The molecule has 0 bridgehead atoms. The van der Waals surface area contributed by atoms with Crippen LogP contribution in [0, 0.1) is 0 Å². The zero-order valence-corrected chi connectivity index (χ0v) is 11.1. The van der Waals surface area contributed by atoms with E-state index in [1.807, 2.05) is 18.8 Å². The molecule has 0 aliphatic heterocycles. The monoisotopic (exact) mass is 269 g/mol. The molecule has 7 nitrogen and oxygen atoms in total. The van der Waals surface area contributed by atoms with Crippen LogP contribution in [0.25, 0.3) is 0 Å². The number of nitrogens with zero attached hydrogens (tertiary/aromatic N) is 1. The predicted octanol–water partition coefficient (Wildman–Crippen LogP) is -0.314. The highest BCUT2D eigenvalue weighted by Gasteiger charge is 2.24. The van der Waals surface area contributed by atoms with Crippen LogP contribution >= 0.6 is 0 Å². The highest BCUT2D eigenvalue weighted by atomic mass is 16.3. The number of carbonyl (C=O) groups is 1. The van der Waals surface area contributed by atoms with Crippen LogP contribution in [0.4, 0.5) is 0 Å². The fraction of sp³-hybridized carbons (Fsp3) is 0.583. The Bertz CT molecular complexity index is 530. The van der Waals surface area contributed by atoms with E-state index in [1.54, 1.807) is 0 Å². The fourth-order valence-electron chi connectivity index (χ4n) is 2.01. The molecule has 1 rings (SSSR count). The average molecular weight is 269 g/mol. The highest BCUT2D eigenvalue weighted by Crippen LogP contribution is 2.11. The van der Waals surface area contributed by atoms with Crippen molar-refractivity contribution in [3.8, 4) is 0 Å². The van der Waals surface area contributed by atoms with Crippen LogP contribution in [0.3, 0.4) is 0 Å². The molecule has 0 aliphatic rings. The zero-order valence-electron chi connectivity index (χ0n) is 11.1. The summed E-state index contributed by atoms with van der Waals surface area (Å²) in [5.74, 6) is -0.486. The third-order valence-corrected chi connectivity index (χ3v) is 3.03. The van der Waals surface area contributed by atoms with Crippen molar-refractivity contribution in [3.63, 3.8) is 0 Å². The number of aromatic nitrogens is 2. The second-order valence-electron chi connectivity index (χ2n) is 4.18.